The van der Waals surface area contributed by atoms with Gasteiger partial charge in [0.25, 0.3) is 6.47 Å². The summed E-state index contributed by atoms with van der Waals surface area (Å²) in [4.78, 5) is 36.4. The fraction of sp³-hybridized carbons (Fsp3) is 0.500. The van der Waals surface area contributed by atoms with Crippen LogP contribution in [-0.4, -0.2) is 65.9 Å². The highest BCUT2D eigenvalue weighted by Crippen LogP contribution is 2.23. The van der Waals surface area contributed by atoms with Crippen molar-refractivity contribution in [3.05, 3.63) is 33.8 Å². The Balaban J connectivity index is 0.000000817. The summed E-state index contributed by atoms with van der Waals surface area (Å²) in [7, 11) is 0. The van der Waals surface area contributed by atoms with E-state index in [1.807, 2.05) is 23.1 Å². The molecule has 1 atom stereocenters. The highest BCUT2D eigenvalue weighted by Gasteiger charge is 2.32. The SMILES string of the molecule is O=C1CC(C(=O)N2CCCN(Cc3ccc(Cl)c(Cl)c3)CC2)CN1.O=CO. The first-order chi connectivity index (χ1) is 12.9. The molecule has 2 aliphatic rings. The van der Waals surface area contributed by atoms with E-state index in [0.717, 1.165) is 38.2 Å². The average molecular weight is 416 g/mol. The molecule has 1 aromatic rings. The lowest BCUT2D eigenvalue weighted by Gasteiger charge is -2.24. The van der Waals surface area contributed by atoms with Gasteiger partial charge in [-0.2, -0.15) is 0 Å². The molecule has 2 N–H and O–H groups in total. The Hall–Kier alpha value is -1.83. The lowest BCUT2D eigenvalue weighted by molar-refractivity contribution is -0.135. The number of amides is 2. The van der Waals surface area contributed by atoms with Gasteiger partial charge in [-0.15, -0.1) is 0 Å². The van der Waals surface area contributed by atoms with Crippen molar-refractivity contribution >= 4 is 41.5 Å². The van der Waals surface area contributed by atoms with Crippen molar-refractivity contribution in [1.82, 2.24) is 15.1 Å². The third kappa shape index (κ3) is 6.37. The summed E-state index contributed by atoms with van der Waals surface area (Å²) >= 11 is 12.0. The standard InChI is InChI=1S/C17H21Cl2N3O2.CH2O2/c18-14-3-2-12(8-15(14)19)11-21-4-1-5-22(7-6-21)17(24)13-9-16(23)20-10-13;2-1-3/h2-3,8,13H,1,4-7,9-11H2,(H,20,23);1H,(H,2,3). The first-order valence-corrected chi connectivity index (χ1v) is 9.49. The van der Waals surface area contributed by atoms with Gasteiger partial charge in [0.15, 0.2) is 0 Å². The fourth-order valence-electron chi connectivity index (χ4n) is 3.28. The van der Waals surface area contributed by atoms with Gasteiger partial charge in [-0.1, -0.05) is 29.3 Å². The molecule has 0 aromatic heterocycles. The van der Waals surface area contributed by atoms with E-state index in [-0.39, 0.29) is 24.2 Å². The minimum atomic E-state index is -0.250. The van der Waals surface area contributed by atoms with E-state index >= 15 is 0 Å². The molecule has 0 aliphatic carbocycles. The van der Waals surface area contributed by atoms with Gasteiger partial charge in [0, 0.05) is 45.7 Å². The quantitative estimate of drug-likeness (QED) is 0.735. The zero-order chi connectivity index (χ0) is 19.8. The van der Waals surface area contributed by atoms with Crippen molar-refractivity contribution < 1.29 is 19.5 Å². The van der Waals surface area contributed by atoms with Crippen LogP contribution in [0.15, 0.2) is 18.2 Å². The fourth-order valence-corrected chi connectivity index (χ4v) is 3.60. The van der Waals surface area contributed by atoms with E-state index in [9.17, 15) is 9.59 Å². The second-order valence-electron chi connectivity index (χ2n) is 6.51. The summed E-state index contributed by atoms with van der Waals surface area (Å²) in [6, 6.07) is 5.70. The predicted molar refractivity (Wildman–Crippen MR) is 103 cm³/mol. The van der Waals surface area contributed by atoms with Crippen molar-refractivity contribution in [3.8, 4) is 0 Å². The molecule has 0 bridgehead atoms. The van der Waals surface area contributed by atoms with Gasteiger partial charge in [0.2, 0.25) is 11.8 Å². The molecule has 1 aromatic carbocycles. The van der Waals surface area contributed by atoms with Crippen LogP contribution in [0.5, 0.6) is 0 Å². The molecule has 2 fully saturated rings. The maximum Gasteiger partial charge on any atom is 0.290 e. The number of carbonyl (C=O) groups excluding carboxylic acids is 2. The van der Waals surface area contributed by atoms with Crippen LogP contribution in [0.4, 0.5) is 0 Å². The Morgan fingerprint density at radius 3 is 2.59 bits per heavy atom. The average Bonchev–Trinajstić information content (AvgIpc) is 2.93. The number of carboxylic acid groups (broad SMARTS) is 1. The number of carbonyl (C=O) groups is 3. The van der Waals surface area contributed by atoms with E-state index in [2.05, 4.69) is 10.2 Å². The molecule has 0 saturated carbocycles. The summed E-state index contributed by atoms with van der Waals surface area (Å²) in [6.07, 6.45) is 1.25. The molecule has 2 heterocycles. The van der Waals surface area contributed by atoms with Crippen molar-refractivity contribution in [2.24, 2.45) is 5.92 Å². The number of hydrogen-bond donors (Lipinski definition) is 2. The number of hydrogen-bond acceptors (Lipinski definition) is 4. The van der Waals surface area contributed by atoms with Crippen molar-refractivity contribution in [1.29, 1.82) is 0 Å². The first kappa shape index (κ1) is 21.5. The van der Waals surface area contributed by atoms with Gasteiger partial charge < -0.3 is 15.3 Å². The Morgan fingerprint density at radius 1 is 1.22 bits per heavy atom. The van der Waals surface area contributed by atoms with Crippen molar-refractivity contribution in [3.63, 3.8) is 0 Å². The van der Waals surface area contributed by atoms with Crippen molar-refractivity contribution in [2.45, 2.75) is 19.4 Å². The molecule has 2 amide bonds. The number of nitrogens with one attached hydrogen (secondary N) is 1. The van der Waals surface area contributed by atoms with Crippen LogP contribution >= 0.6 is 23.2 Å². The lowest BCUT2D eigenvalue weighted by atomic mass is 10.1. The maximum absolute atomic E-state index is 12.5. The van der Waals surface area contributed by atoms with Crippen LogP contribution in [0.25, 0.3) is 0 Å². The summed E-state index contributed by atoms with van der Waals surface area (Å²) in [5.74, 6) is -0.117. The smallest absolute Gasteiger partial charge is 0.290 e. The molecule has 0 radical (unpaired) electrons. The third-order valence-corrected chi connectivity index (χ3v) is 5.36. The monoisotopic (exact) mass is 415 g/mol. The molecular formula is C18H23Cl2N3O4. The molecule has 2 saturated heterocycles. The van der Waals surface area contributed by atoms with E-state index < -0.39 is 0 Å². The highest BCUT2D eigenvalue weighted by atomic mass is 35.5. The zero-order valence-corrected chi connectivity index (χ0v) is 16.4. The molecule has 9 heteroatoms. The topological polar surface area (TPSA) is 90.0 Å². The van der Waals surface area contributed by atoms with Crippen LogP contribution in [0.2, 0.25) is 10.0 Å². The van der Waals surface area contributed by atoms with E-state index in [4.69, 9.17) is 33.1 Å². The number of benzene rings is 1. The third-order valence-electron chi connectivity index (χ3n) is 4.62. The first-order valence-electron chi connectivity index (χ1n) is 8.74. The number of halogens is 2. The summed E-state index contributed by atoms with van der Waals surface area (Å²) < 4.78 is 0. The number of nitrogens with zero attached hydrogens (tertiary/aromatic N) is 2. The van der Waals surface area contributed by atoms with Crippen LogP contribution in [-0.2, 0) is 20.9 Å². The van der Waals surface area contributed by atoms with Crippen LogP contribution in [0.3, 0.4) is 0 Å². The Kier molecular flexibility index (Phi) is 8.34. The maximum atomic E-state index is 12.5. The minimum Gasteiger partial charge on any atom is -0.483 e. The van der Waals surface area contributed by atoms with Gasteiger partial charge in [0.1, 0.15) is 0 Å². The van der Waals surface area contributed by atoms with Gasteiger partial charge in [0.05, 0.1) is 16.0 Å². The molecule has 1 unspecified atom stereocenters. The number of rotatable bonds is 3. The molecular weight excluding hydrogens is 393 g/mol. The summed E-state index contributed by atoms with van der Waals surface area (Å²) in [6.45, 7) is 4.22. The Bertz CT molecular complexity index is 687. The van der Waals surface area contributed by atoms with Crippen LogP contribution < -0.4 is 5.32 Å². The second kappa shape index (κ2) is 10.5. The van der Waals surface area contributed by atoms with E-state index in [1.54, 1.807) is 0 Å². The van der Waals surface area contributed by atoms with Crippen molar-refractivity contribution in [2.75, 3.05) is 32.7 Å². The molecule has 7 nitrogen and oxygen atoms in total. The zero-order valence-electron chi connectivity index (χ0n) is 14.9. The molecule has 148 valence electrons. The normalized spacial score (nSPS) is 20.3. The van der Waals surface area contributed by atoms with Crippen LogP contribution in [0, 0.1) is 5.92 Å². The minimum absolute atomic E-state index is 0.0237. The van der Waals surface area contributed by atoms with Crippen LogP contribution in [0.1, 0.15) is 18.4 Å². The van der Waals surface area contributed by atoms with Gasteiger partial charge in [-0.3, -0.25) is 19.3 Å². The summed E-state index contributed by atoms with van der Waals surface area (Å²) in [5.41, 5.74) is 1.12. The summed E-state index contributed by atoms with van der Waals surface area (Å²) in [5, 5.41) is 10.8. The molecule has 0 spiro atoms. The predicted octanol–water partition coefficient (Wildman–Crippen LogP) is 1.86. The second-order valence-corrected chi connectivity index (χ2v) is 7.33. The van der Waals surface area contributed by atoms with Gasteiger partial charge in [-0.05, 0) is 24.1 Å². The molecule has 3 rings (SSSR count). The molecule has 27 heavy (non-hydrogen) atoms. The van der Waals surface area contributed by atoms with Gasteiger partial charge in [-0.25, -0.2) is 0 Å². The molecule has 2 aliphatic heterocycles. The highest BCUT2D eigenvalue weighted by molar-refractivity contribution is 6.42. The Labute approximate surface area is 168 Å². The Morgan fingerprint density at radius 2 is 1.96 bits per heavy atom. The van der Waals surface area contributed by atoms with E-state index in [1.165, 1.54) is 0 Å². The lowest BCUT2D eigenvalue weighted by Crippen LogP contribution is -2.39. The largest absolute Gasteiger partial charge is 0.483 e. The van der Waals surface area contributed by atoms with E-state index in [0.29, 0.717) is 29.6 Å². The van der Waals surface area contributed by atoms with Gasteiger partial charge >= 0.3 is 0 Å².